The number of halogens is 3. The van der Waals surface area contributed by atoms with Gasteiger partial charge in [-0.3, -0.25) is 0 Å². The molecule has 82 valence electrons. The summed E-state index contributed by atoms with van der Waals surface area (Å²) in [5.41, 5.74) is 0.164. The molecular formula is C10H17BF3-. The minimum absolute atomic E-state index is 0.157. The summed E-state index contributed by atoms with van der Waals surface area (Å²) < 4.78 is 38.1. The maximum absolute atomic E-state index is 12.7. The highest BCUT2D eigenvalue weighted by molar-refractivity contribution is 6.60. The first-order chi connectivity index (χ1) is 6.24. The van der Waals surface area contributed by atoms with Gasteiger partial charge in [-0.05, 0) is 23.7 Å². The molecule has 0 heterocycles. The fourth-order valence-corrected chi connectivity index (χ4v) is 3.69. The zero-order valence-corrected chi connectivity index (χ0v) is 8.93. The summed E-state index contributed by atoms with van der Waals surface area (Å²) in [6, 6.07) is 0. The first-order valence-electron chi connectivity index (χ1n) is 5.44. The van der Waals surface area contributed by atoms with Gasteiger partial charge in [0.1, 0.15) is 0 Å². The molecule has 3 aliphatic carbocycles. The Hall–Kier alpha value is -0.145. The van der Waals surface area contributed by atoms with E-state index in [9.17, 15) is 12.9 Å². The molecule has 2 bridgehead atoms. The topological polar surface area (TPSA) is 0 Å². The predicted molar refractivity (Wildman–Crippen MR) is 52.0 cm³/mol. The van der Waals surface area contributed by atoms with Gasteiger partial charge in [0.05, 0.1) is 0 Å². The van der Waals surface area contributed by atoms with Crippen LogP contribution in [0.3, 0.4) is 0 Å². The van der Waals surface area contributed by atoms with E-state index in [1.165, 1.54) is 0 Å². The van der Waals surface area contributed by atoms with Crippen molar-refractivity contribution in [1.29, 1.82) is 0 Å². The summed E-state index contributed by atoms with van der Waals surface area (Å²) in [5, 5.41) is 0. The summed E-state index contributed by atoms with van der Waals surface area (Å²) in [5.74, 6) is -0.520. The third-order valence-corrected chi connectivity index (χ3v) is 4.90. The van der Waals surface area contributed by atoms with Crippen LogP contribution < -0.4 is 0 Å². The molecule has 4 heteroatoms. The molecule has 0 aromatic carbocycles. The molecule has 4 atom stereocenters. The monoisotopic (exact) mass is 205 g/mol. The van der Waals surface area contributed by atoms with Crippen LogP contribution in [0.15, 0.2) is 0 Å². The summed E-state index contributed by atoms with van der Waals surface area (Å²) in [6.45, 7) is 1.43. The van der Waals surface area contributed by atoms with E-state index < -0.39 is 12.8 Å². The van der Waals surface area contributed by atoms with Gasteiger partial charge in [-0.15, -0.1) is 0 Å². The minimum Gasteiger partial charge on any atom is -0.449 e. The maximum Gasteiger partial charge on any atom is 0.481 e. The minimum atomic E-state index is -4.62. The van der Waals surface area contributed by atoms with E-state index in [0.717, 1.165) is 6.42 Å². The molecule has 0 radical (unpaired) electrons. The van der Waals surface area contributed by atoms with Gasteiger partial charge in [-0.1, -0.05) is 38.9 Å². The van der Waals surface area contributed by atoms with Gasteiger partial charge in [0.15, 0.2) is 0 Å². The van der Waals surface area contributed by atoms with Gasteiger partial charge in [0.2, 0.25) is 0 Å². The highest BCUT2D eigenvalue weighted by Gasteiger charge is 2.59. The lowest BCUT2D eigenvalue weighted by atomic mass is 9.39. The molecule has 14 heavy (non-hydrogen) atoms. The Morgan fingerprint density at radius 2 is 1.71 bits per heavy atom. The van der Waals surface area contributed by atoms with Crippen LogP contribution in [-0.4, -0.2) is 6.98 Å². The van der Waals surface area contributed by atoms with E-state index in [1.54, 1.807) is 6.92 Å². The Kier molecular flexibility index (Phi) is 2.00. The smallest absolute Gasteiger partial charge is 0.449 e. The normalized spacial score (nSPS) is 45.9. The Labute approximate surface area is 83.3 Å². The Bertz CT molecular complexity index is 246. The van der Waals surface area contributed by atoms with Crippen molar-refractivity contribution in [2.75, 3.05) is 0 Å². The molecule has 0 aromatic rings. The van der Waals surface area contributed by atoms with Crippen LogP contribution in [0.4, 0.5) is 12.9 Å². The molecular weight excluding hydrogens is 188 g/mol. The van der Waals surface area contributed by atoms with Crippen LogP contribution >= 0.6 is 0 Å². The third-order valence-electron chi connectivity index (χ3n) is 4.90. The summed E-state index contributed by atoms with van der Waals surface area (Å²) in [7, 11) is 0. The van der Waals surface area contributed by atoms with Gasteiger partial charge in [0.25, 0.3) is 0 Å². The van der Waals surface area contributed by atoms with Crippen LogP contribution in [0.1, 0.15) is 33.6 Å². The van der Waals surface area contributed by atoms with Gasteiger partial charge >= 0.3 is 6.98 Å². The predicted octanol–water partition coefficient (Wildman–Crippen LogP) is 3.91. The van der Waals surface area contributed by atoms with Crippen LogP contribution in [0, 0.1) is 23.2 Å². The molecule has 3 saturated carbocycles. The van der Waals surface area contributed by atoms with Crippen molar-refractivity contribution in [3.8, 4) is 0 Å². The lowest BCUT2D eigenvalue weighted by molar-refractivity contribution is -0.104. The Morgan fingerprint density at radius 3 is 2.07 bits per heavy atom. The zero-order valence-electron chi connectivity index (χ0n) is 8.93. The van der Waals surface area contributed by atoms with Crippen molar-refractivity contribution in [3.63, 3.8) is 0 Å². The van der Waals surface area contributed by atoms with Crippen LogP contribution in [-0.2, 0) is 0 Å². The molecule has 0 saturated heterocycles. The highest BCUT2D eigenvalue weighted by Crippen LogP contribution is 2.66. The maximum atomic E-state index is 12.7. The van der Waals surface area contributed by atoms with E-state index in [0.29, 0.717) is 18.3 Å². The summed E-state index contributed by atoms with van der Waals surface area (Å²) >= 11 is 0. The highest BCUT2D eigenvalue weighted by atomic mass is 19.4. The molecule has 0 aromatic heterocycles. The van der Waals surface area contributed by atoms with Crippen molar-refractivity contribution >= 4 is 6.98 Å². The third kappa shape index (κ3) is 1.22. The standard InChI is InChI=1S/C10H17BF3/c1-6-8-4-7(10(8,2)3)5-9(6)11(12,13)14/h6-9H,4-5H2,1-3H3/q-1. The first-order valence-corrected chi connectivity index (χ1v) is 5.44. The van der Waals surface area contributed by atoms with Crippen molar-refractivity contribution in [3.05, 3.63) is 0 Å². The van der Waals surface area contributed by atoms with Crippen molar-refractivity contribution in [2.45, 2.75) is 39.4 Å². The fourth-order valence-electron chi connectivity index (χ4n) is 3.69. The Balaban J connectivity index is 2.16. The second-order valence-electron chi connectivity index (χ2n) is 5.74. The van der Waals surface area contributed by atoms with Crippen molar-refractivity contribution in [2.24, 2.45) is 23.2 Å². The molecule has 0 amide bonds. The Morgan fingerprint density at radius 1 is 1.14 bits per heavy atom. The fraction of sp³-hybridized carbons (Fsp3) is 1.00. The number of hydrogen-bond donors (Lipinski definition) is 0. The quantitative estimate of drug-likeness (QED) is 0.569. The van der Waals surface area contributed by atoms with E-state index in [2.05, 4.69) is 13.8 Å². The lowest BCUT2D eigenvalue weighted by Gasteiger charge is -2.64. The van der Waals surface area contributed by atoms with Crippen molar-refractivity contribution in [1.82, 2.24) is 0 Å². The summed E-state index contributed by atoms with van der Waals surface area (Å²) in [6.07, 6.45) is 1.41. The molecule has 0 nitrogen and oxygen atoms in total. The molecule has 0 spiro atoms. The largest absolute Gasteiger partial charge is 0.481 e. The van der Waals surface area contributed by atoms with E-state index in [4.69, 9.17) is 0 Å². The average molecular weight is 205 g/mol. The molecule has 3 rings (SSSR count). The van der Waals surface area contributed by atoms with E-state index >= 15 is 0 Å². The molecule has 3 fully saturated rings. The summed E-state index contributed by atoms with van der Waals surface area (Å²) in [4.78, 5) is 0. The van der Waals surface area contributed by atoms with Crippen molar-refractivity contribution < 1.29 is 12.9 Å². The second-order valence-corrected chi connectivity index (χ2v) is 5.74. The van der Waals surface area contributed by atoms with E-state index in [-0.39, 0.29) is 11.3 Å². The van der Waals surface area contributed by atoms with Crippen LogP contribution in [0.25, 0.3) is 0 Å². The SMILES string of the molecule is CC1C([B-](F)(F)F)CC2CC1C2(C)C. The van der Waals surface area contributed by atoms with Gasteiger partial charge in [-0.25, -0.2) is 0 Å². The van der Waals surface area contributed by atoms with Crippen LogP contribution in [0.5, 0.6) is 0 Å². The van der Waals surface area contributed by atoms with Gasteiger partial charge in [0, 0.05) is 0 Å². The lowest BCUT2D eigenvalue weighted by Crippen LogP contribution is -2.56. The molecule has 4 unspecified atom stereocenters. The number of hydrogen-bond acceptors (Lipinski definition) is 0. The molecule has 3 aliphatic rings. The zero-order chi connectivity index (χ0) is 10.7. The first kappa shape index (κ1) is 10.4. The van der Waals surface area contributed by atoms with Crippen LogP contribution in [0.2, 0.25) is 5.82 Å². The van der Waals surface area contributed by atoms with E-state index in [1.807, 2.05) is 0 Å². The van der Waals surface area contributed by atoms with Gasteiger partial charge in [-0.2, -0.15) is 0 Å². The molecule has 0 aliphatic heterocycles. The molecule has 0 N–H and O–H groups in total. The van der Waals surface area contributed by atoms with Gasteiger partial charge < -0.3 is 12.9 Å². The number of fused-ring (bicyclic) bond motifs is 2. The average Bonchev–Trinajstić information content (AvgIpc) is 2.01. The second kappa shape index (κ2) is 2.70. The number of rotatable bonds is 1.